The van der Waals surface area contributed by atoms with E-state index in [0.29, 0.717) is 13.2 Å². The molecular weight excluding hydrogens is 404 g/mol. The van der Waals surface area contributed by atoms with E-state index in [9.17, 15) is 4.79 Å². The number of nitrogens with one attached hydrogen (secondary N) is 2. The van der Waals surface area contributed by atoms with Crippen LogP contribution in [0.1, 0.15) is 29.7 Å². The Bertz CT molecular complexity index is 954. The van der Waals surface area contributed by atoms with Gasteiger partial charge in [-0.05, 0) is 66.8 Å². The van der Waals surface area contributed by atoms with Crippen molar-refractivity contribution in [2.24, 2.45) is 0 Å². The lowest BCUT2D eigenvalue weighted by atomic mass is 10.0. The van der Waals surface area contributed by atoms with E-state index in [2.05, 4.69) is 32.7 Å². The number of carbonyl (C=O) groups excluding carboxylic acids is 1. The van der Waals surface area contributed by atoms with Crippen molar-refractivity contribution in [1.29, 1.82) is 0 Å². The highest BCUT2D eigenvalue weighted by molar-refractivity contribution is 5.89. The minimum Gasteiger partial charge on any atom is -0.467 e. The smallest absolute Gasteiger partial charge is 0.319 e. The van der Waals surface area contributed by atoms with Gasteiger partial charge in [0.1, 0.15) is 12.4 Å². The first-order chi connectivity index (χ1) is 15.7. The molecular formula is C25H30N4O3. The largest absolute Gasteiger partial charge is 0.467 e. The minimum absolute atomic E-state index is 0.158. The van der Waals surface area contributed by atoms with Crippen molar-refractivity contribution in [3.63, 3.8) is 0 Å². The van der Waals surface area contributed by atoms with Crippen LogP contribution in [-0.2, 0) is 24.4 Å². The van der Waals surface area contributed by atoms with Crippen molar-refractivity contribution in [3.05, 3.63) is 84.1 Å². The van der Waals surface area contributed by atoms with E-state index >= 15 is 0 Å². The predicted molar refractivity (Wildman–Crippen MR) is 123 cm³/mol. The number of amides is 2. The Labute approximate surface area is 188 Å². The molecule has 0 unspecified atom stereocenters. The number of piperidine rings is 1. The van der Waals surface area contributed by atoms with Crippen LogP contribution in [-0.4, -0.2) is 41.6 Å². The number of aromatic nitrogens is 1. The standard InChI is InChI=1S/C25H30N4O3/c30-25(27-22-9-14-29(15-10-22)13-8-20-6-11-26-12-7-20)28-23-4-1-3-21(17-23)18-31-19-24-5-2-16-32-24/h1-7,11-12,16-17,22H,8-10,13-15,18-19H2,(H2,27,28,30). The van der Waals surface area contributed by atoms with Gasteiger partial charge in [-0.1, -0.05) is 12.1 Å². The van der Waals surface area contributed by atoms with Crippen molar-refractivity contribution in [2.75, 3.05) is 25.0 Å². The molecule has 0 bridgehead atoms. The number of benzene rings is 1. The molecule has 1 aliphatic rings. The zero-order chi connectivity index (χ0) is 22.0. The summed E-state index contributed by atoms with van der Waals surface area (Å²) in [5.74, 6) is 0.794. The third-order valence-corrected chi connectivity index (χ3v) is 5.67. The highest BCUT2D eigenvalue weighted by atomic mass is 16.5. The Morgan fingerprint density at radius 1 is 1.06 bits per heavy atom. The first-order valence-electron chi connectivity index (χ1n) is 11.1. The van der Waals surface area contributed by atoms with E-state index in [4.69, 9.17) is 9.15 Å². The Morgan fingerprint density at radius 2 is 1.91 bits per heavy atom. The van der Waals surface area contributed by atoms with Crippen LogP contribution in [0.3, 0.4) is 0 Å². The van der Waals surface area contributed by atoms with Gasteiger partial charge in [-0.15, -0.1) is 0 Å². The zero-order valence-corrected chi connectivity index (χ0v) is 18.2. The maximum Gasteiger partial charge on any atom is 0.319 e. The fourth-order valence-electron chi connectivity index (χ4n) is 3.89. The van der Waals surface area contributed by atoms with Crippen LogP contribution in [0.5, 0.6) is 0 Å². The lowest BCUT2D eigenvalue weighted by Crippen LogP contribution is -2.46. The van der Waals surface area contributed by atoms with Crippen LogP contribution in [0.25, 0.3) is 0 Å². The summed E-state index contributed by atoms with van der Waals surface area (Å²) in [5, 5.41) is 6.06. The summed E-state index contributed by atoms with van der Waals surface area (Å²) >= 11 is 0. The van der Waals surface area contributed by atoms with Gasteiger partial charge in [0.15, 0.2) is 0 Å². The van der Waals surface area contributed by atoms with Crippen LogP contribution >= 0.6 is 0 Å². The molecule has 0 radical (unpaired) electrons. The summed E-state index contributed by atoms with van der Waals surface area (Å²) < 4.78 is 10.9. The Morgan fingerprint density at radius 3 is 2.69 bits per heavy atom. The number of pyridine rings is 1. The number of likely N-dealkylation sites (tertiary alicyclic amines) is 1. The summed E-state index contributed by atoms with van der Waals surface area (Å²) in [5.41, 5.74) is 3.07. The van der Waals surface area contributed by atoms with Gasteiger partial charge in [-0.3, -0.25) is 4.98 Å². The predicted octanol–water partition coefficient (Wildman–Crippen LogP) is 4.22. The fourth-order valence-corrected chi connectivity index (χ4v) is 3.89. The van der Waals surface area contributed by atoms with Crippen LogP contribution in [0.4, 0.5) is 10.5 Å². The van der Waals surface area contributed by atoms with E-state index in [1.54, 1.807) is 6.26 Å². The maximum atomic E-state index is 12.5. The third-order valence-electron chi connectivity index (χ3n) is 5.67. The summed E-state index contributed by atoms with van der Waals surface area (Å²) in [6.07, 6.45) is 8.27. The lowest BCUT2D eigenvalue weighted by molar-refractivity contribution is 0.0930. The molecule has 2 aromatic heterocycles. The number of rotatable bonds is 9. The zero-order valence-electron chi connectivity index (χ0n) is 18.2. The van der Waals surface area contributed by atoms with Crippen molar-refractivity contribution in [1.82, 2.24) is 15.2 Å². The van der Waals surface area contributed by atoms with Crippen molar-refractivity contribution in [2.45, 2.75) is 38.5 Å². The molecule has 1 fully saturated rings. The average Bonchev–Trinajstić information content (AvgIpc) is 3.33. The lowest BCUT2D eigenvalue weighted by Gasteiger charge is -2.32. The normalized spacial score (nSPS) is 14.9. The number of anilines is 1. The van der Waals surface area contributed by atoms with Crippen molar-refractivity contribution < 1.29 is 13.9 Å². The number of carbonyl (C=O) groups is 1. The summed E-state index contributed by atoms with van der Waals surface area (Å²) in [6, 6.07) is 15.6. The van der Waals surface area contributed by atoms with E-state index in [1.807, 2.05) is 48.8 Å². The molecule has 1 aromatic carbocycles. The molecule has 0 saturated carbocycles. The number of nitrogens with zero attached hydrogens (tertiary/aromatic N) is 2. The van der Waals surface area contributed by atoms with Gasteiger partial charge in [0.2, 0.25) is 0 Å². The molecule has 3 heterocycles. The van der Waals surface area contributed by atoms with Crippen LogP contribution in [0, 0.1) is 0 Å². The molecule has 4 rings (SSSR count). The highest BCUT2D eigenvalue weighted by Gasteiger charge is 2.20. The van der Waals surface area contributed by atoms with E-state index in [-0.39, 0.29) is 12.1 Å². The van der Waals surface area contributed by atoms with Crippen LogP contribution in [0.2, 0.25) is 0 Å². The van der Waals surface area contributed by atoms with Gasteiger partial charge in [0.05, 0.1) is 12.9 Å². The molecule has 7 nitrogen and oxygen atoms in total. The molecule has 32 heavy (non-hydrogen) atoms. The fraction of sp³-hybridized carbons (Fsp3) is 0.360. The third kappa shape index (κ3) is 6.93. The van der Waals surface area contributed by atoms with Crippen molar-refractivity contribution >= 4 is 11.7 Å². The average molecular weight is 435 g/mol. The highest BCUT2D eigenvalue weighted by Crippen LogP contribution is 2.15. The number of hydrogen-bond donors (Lipinski definition) is 2. The maximum absolute atomic E-state index is 12.5. The monoisotopic (exact) mass is 434 g/mol. The van der Waals surface area contributed by atoms with Gasteiger partial charge < -0.3 is 24.7 Å². The molecule has 2 N–H and O–H groups in total. The summed E-state index contributed by atoms with van der Waals surface area (Å²) in [6.45, 7) is 3.91. The molecule has 0 spiro atoms. The summed E-state index contributed by atoms with van der Waals surface area (Å²) in [7, 11) is 0. The quantitative estimate of drug-likeness (QED) is 0.527. The van der Waals surface area contributed by atoms with E-state index in [1.165, 1.54) is 5.56 Å². The molecule has 0 aliphatic carbocycles. The second-order valence-corrected chi connectivity index (χ2v) is 8.09. The molecule has 1 saturated heterocycles. The van der Waals surface area contributed by atoms with Crippen LogP contribution < -0.4 is 10.6 Å². The number of urea groups is 1. The van der Waals surface area contributed by atoms with Gasteiger partial charge in [-0.25, -0.2) is 4.79 Å². The van der Waals surface area contributed by atoms with E-state index in [0.717, 1.165) is 55.9 Å². The molecule has 2 amide bonds. The second-order valence-electron chi connectivity index (χ2n) is 8.09. The first-order valence-corrected chi connectivity index (χ1v) is 11.1. The first kappa shape index (κ1) is 22.0. The van der Waals surface area contributed by atoms with E-state index < -0.39 is 0 Å². The van der Waals surface area contributed by atoms with Crippen molar-refractivity contribution in [3.8, 4) is 0 Å². The van der Waals surface area contributed by atoms with Gasteiger partial charge in [0.25, 0.3) is 0 Å². The molecule has 3 aromatic rings. The van der Waals surface area contributed by atoms with Gasteiger partial charge >= 0.3 is 6.03 Å². The topological polar surface area (TPSA) is 79.6 Å². The number of hydrogen-bond acceptors (Lipinski definition) is 5. The van der Waals surface area contributed by atoms with Crippen LogP contribution in [0.15, 0.2) is 71.6 Å². The Hall–Kier alpha value is -3.16. The molecule has 1 aliphatic heterocycles. The number of ether oxygens (including phenoxy) is 1. The Kier molecular flexibility index (Phi) is 7.89. The molecule has 7 heteroatoms. The minimum atomic E-state index is -0.158. The summed E-state index contributed by atoms with van der Waals surface area (Å²) in [4.78, 5) is 19.0. The SMILES string of the molecule is O=C(Nc1cccc(COCc2ccco2)c1)NC1CCN(CCc2ccncc2)CC1. The van der Waals surface area contributed by atoms with Gasteiger partial charge in [-0.2, -0.15) is 0 Å². The molecule has 168 valence electrons. The molecule has 0 atom stereocenters. The van der Waals surface area contributed by atoms with Gasteiger partial charge in [0, 0.05) is 43.8 Å². The number of furan rings is 1. The second kappa shape index (κ2) is 11.5. The Balaban J connectivity index is 1.16.